The molecule has 0 radical (unpaired) electrons. The summed E-state index contributed by atoms with van der Waals surface area (Å²) in [6.07, 6.45) is 4.17. The van der Waals surface area contributed by atoms with Crippen LogP contribution in [0.15, 0.2) is 60.8 Å². The number of carbonyl (C=O) groups is 1. The van der Waals surface area contributed by atoms with E-state index < -0.39 is 0 Å². The van der Waals surface area contributed by atoms with Gasteiger partial charge in [0, 0.05) is 23.8 Å². The summed E-state index contributed by atoms with van der Waals surface area (Å²) < 4.78 is 1.97. The van der Waals surface area contributed by atoms with Gasteiger partial charge in [0.05, 0.1) is 18.7 Å². The van der Waals surface area contributed by atoms with Crippen molar-refractivity contribution in [2.24, 2.45) is 11.8 Å². The third kappa shape index (κ3) is 4.71. The molecule has 2 aromatic carbocycles. The van der Waals surface area contributed by atoms with Crippen molar-refractivity contribution >= 4 is 11.6 Å². The Morgan fingerprint density at radius 3 is 2.52 bits per heavy atom. The van der Waals surface area contributed by atoms with Crippen molar-refractivity contribution in [1.29, 1.82) is 0 Å². The van der Waals surface area contributed by atoms with Crippen molar-refractivity contribution in [2.45, 2.75) is 51.6 Å². The maximum atomic E-state index is 12.9. The third-order valence-corrected chi connectivity index (χ3v) is 7.24. The Morgan fingerprint density at radius 2 is 1.85 bits per heavy atom. The van der Waals surface area contributed by atoms with Crippen molar-refractivity contribution in [3.05, 3.63) is 66.4 Å². The molecule has 6 rings (SSSR count). The second-order valence-corrected chi connectivity index (χ2v) is 10.5. The van der Waals surface area contributed by atoms with Crippen molar-refractivity contribution in [3.8, 4) is 11.3 Å². The Morgan fingerprint density at radius 1 is 1.09 bits per heavy atom. The lowest BCUT2D eigenvalue weighted by Crippen LogP contribution is -2.57. The van der Waals surface area contributed by atoms with E-state index in [4.69, 9.17) is 0 Å². The second kappa shape index (κ2) is 8.75. The first-order chi connectivity index (χ1) is 15.9. The zero-order valence-corrected chi connectivity index (χ0v) is 19.7. The number of fused-ring (bicyclic) bond motifs is 3. The molecular weight excluding hydrogens is 410 g/mol. The van der Waals surface area contributed by atoms with Crippen LogP contribution in [0.3, 0.4) is 0 Å². The molecule has 3 aliphatic rings. The van der Waals surface area contributed by atoms with Crippen LogP contribution in [0.1, 0.15) is 39.2 Å². The lowest BCUT2D eigenvalue weighted by molar-refractivity contribution is -0.127. The molecule has 0 aliphatic carbocycles. The summed E-state index contributed by atoms with van der Waals surface area (Å²) in [5.74, 6) is 0.635. The van der Waals surface area contributed by atoms with E-state index in [-0.39, 0.29) is 17.2 Å². The molecule has 6 heteroatoms. The van der Waals surface area contributed by atoms with Gasteiger partial charge in [-0.15, -0.1) is 5.10 Å². The number of rotatable bonds is 5. The van der Waals surface area contributed by atoms with E-state index in [2.05, 4.69) is 71.8 Å². The normalized spacial score (nSPS) is 24.6. The van der Waals surface area contributed by atoms with Crippen LogP contribution in [-0.4, -0.2) is 44.9 Å². The highest BCUT2D eigenvalue weighted by molar-refractivity contribution is 5.93. The van der Waals surface area contributed by atoms with E-state index >= 15 is 0 Å². The zero-order valence-electron chi connectivity index (χ0n) is 19.7. The highest BCUT2D eigenvalue weighted by Crippen LogP contribution is 2.37. The molecule has 1 amide bonds. The number of piperidine rings is 3. The topological polar surface area (TPSA) is 63.1 Å². The van der Waals surface area contributed by atoms with E-state index in [1.165, 1.54) is 5.56 Å². The molecule has 3 saturated heterocycles. The maximum absolute atomic E-state index is 12.9. The molecule has 1 N–H and O–H groups in total. The summed E-state index contributed by atoms with van der Waals surface area (Å²) in [7, 11) is 0. The van der Waals surface area contributed by atoms with Gasteiger partial charge in [-0.05, 0) is 48.4 Å². The van der Waals surface area contributed by atoms with Crippen LogP contribution in [0.2, 0.25) is 0 Å². The molecule has 3 aromatic rings. The van der Waals surface area contributed by atoms with Crippen molar-refractivity contribution in [2.75, 3.05) is 18.4 Å². The molecule has 1 unspecified atom stereocenters. The van der Waals surface area contributed by atoms with Crippen molar-refractivity contribution in [3.63, 3.8) is 0 Å². The standard InChI is InChI=1S/C27H33N5O/c1-27(2,3)21-11-9-19(10-12-21)25-18-32(30-29-25)16-23-15-20-13-14-31(23)17-24(20)26(33)28-22-7-5-4-6-8-22/h4-12,18,20,23-24H,13-17H2,1-3H3,(H,28,33)/t20-,23-,24+/m1/s1. The summed E-state index contributed by atoms with van der Waals surface area (Å²) >= 11 is 0. The van der Waals surface area contributed by atoms with Gasteiger partial charge in [0.2, 0.25) is 5.91 Å². The molecule has 1 aromatic heterocycles. The number of para-hydroxylation sites is 1. The molecule has 4 atom stereocenters. The summed E-state index contributed by atoms with van der Waals surface area (Å²) in [6, 6.07) is 18.8. The summed E-state index contributed by atoms with van der Waals surface area (Å²) in [6.45, 7) is 9.37. The summed E-state index contributed by atoms with van der Waals surface area (Å²) in [5.41, 5.74) is 4.33. The van der Waals surface area contributed by atoms with Gasteiger partial charge in [0.15, 0.2) is 0 Å². The Labute approximate surface area is 196 Å². The quantitative estimate of drug-likeness (QED) is 0.626. The van der Waals surface area contributed by atoms with Crippen LogP contribution in [-0.2, 0) is 16.8 Å². The average molecular weight is 444 g/mol. The average Bonchev–Trinajstić information content (AvgIpc) is 3.28. The van der Waals surface area contributed by atoms with Crippen molar-refractivity contribution < 1.29 is 4.79 Å². The smallest absolute Gasteiger partial charge is 0.229 e. The molecule has 3 fully saturated rings. The zero-order chi connectivity index (χ0) is 23.0. The Hall–Kier alpha value is -2.99. The van der Waals surface area contributed by atoms with Crippen LogP contribution in [0, 0.1) is 11.8 Å². The minimum Gasteiger partial charge on any atom is -0.326 e. The number of amides is 1. The number of hydrogen-bond donors (Lipinski definition) is 1. The predicted molar refractivity (Wildman–Crippen MR) is 131 cm³/mol. The molecule has 0 saturated carbocycles. The first-order valence-electron chi connectivity index (χ1n) is 12.0. The van der Waals surface area contributed by atoms with E-state index in [1.54, 1.807) is 0 Å². The first kappa shape index (κ1) is 21.8. The maximum Gasteiger partial charge on any atom is 0.229 e. The number of aromatic nitrogens is 3. The molecule has 3 aliphatic heterocycles. The minimum atomic E-state index is 0.0582. The number of anilines is 1. The van der Waals surface area contributed by atoms with Gasteiger partial charge in [0.1, 0.15) is 5.69 Å². The van der Waals surface area contributed by atoms with E-state index in [1.807, 2.05) is 35.0 Å². The molecule has 2 bridgehead atoms. The van der Waals surface area contributed by atoms with Crippen LogP contribution in [0.4, 0.5) is 5.69 Å². The van der Waals surface area contributed by atoms with E-state index in [0.29, 0.717) is 12.0 Å². The van der Waals surface area contributed by atoms with Gasteiger partial charge in [-0.2, -0.15) is 0 Å². The number of hydrogen-bond acceptors (Lipinski definition) is 4. The lowest BCUT2D eigenvalue weighted by Gasteiger charge is -2.49. The molecule has 33 heavy (non-hydrogen) atoms. The highest BCUT2D eigenvalue weighted by Gasteiger charge is 2.43. The highest BCUT2D eigenvalue weighted by atomic mass is 16.2. The predicted octanol–water partition coefficient (Wildman–Crippen LogP) is 4.59. The van der Waals surface area contributed by atoms with Gasteiger partial charge < -0.3 is 5.32 Å². The monoisotopic (exact) mass is 443 g/mol. The molecule has 4 heterocycles. The van der Waals surface area contributed by atoms with Gasteiger partial charge in [-0.25, -0.2) is 0 Å². The number of benzene rings is 2. The van der Waals surface area contributed by atoms with Gasteiger partial charge in [-0.1, -0.05) is 68.4 Å². The fourth-order valence-electron chi connectivity index (χ4n) is 5.26. The first-order valence-corrected chi connectivity index (χ1v) is 12.0. The van der Waals surface area contributed by atoms with Crippen LogP contribution in [0.5, 0.6) is 0 Å². The number of nitrogens with zero attached hydrogens (tertiary/aromatic N) is 4. The molecule has 0 spiro atoms. The summed E-state index contributed by atoms with van der Waals surface area (Å²) in [5, 5.41) is 11.9. The Kier molecular flexibility index (Phi) is 5.79. The van der Waals surface area contributed by atoms with Crippen LogP contribution in [0.25, 0.3) is 11.3 Å². The van der Waals surface area contributed by atoms with Gasteiger partial charge >= 0.3 is 0 Å². The largest absolute Gasteiger partial charge is 0.326 e. The second-order valence-electron chi connectivity index (χ2n) is 10.5. The number of carbonyl (C=O) groups excluding carboxylic acids is 1. The minimum absolute atomic E-state index is 0.0582. The van der Waals surface area contributed by atoms with Crippen LogP contribution >= 0.6 is 0 Å². The molecule has 6 nitrogen and oxygen atoms in total. The van der Waals surface area contributed by atoms with Gasteiger partial charge in [0.25, 0.3) is 0 Å². The SMILES string of the molecule is CC(C)(C)c1ccc(-c2cn(C[C@H]3C[C@H]4CCN3C[C@@H]4C(=O)Nc3ccccc3)nn2)cc1. The lowest BCUT2D eigenvalue weighted by atomic mass is 9.75. The fraction of sp³-hybridized carbons (Fsp3) is 0.444. The Balaban J connectivity index is 1.21. The summed E-state index contributed by atoms with van der Waals surface area (Å²) in [4.78, 5) is 15.4. The molecule has 172 valence electrons. The van der Waals surface area contributed by atoms with Crippen LogP contribution < -0.4 is 5.32 Å². The van der Waals surface area contributed by atoms with Crippen molar-refractivity contribution in [1.82, 2.24) is 19.9 Å². The molecular formula is C27H33N5O. The van der Waals surface area contributed by atoms with E-state index in [0.717, 1.165) is 49.4 Å². The van der Waals surface area contributed by atoms with E-state index in [9.17, 15) is 4.79 Å². The number of nitrogens with one attached hydrogen (secondary N) is 1. The Bertz CT molecular complexity index is 1100. The van der Waals surface area contributed by atoms with Gasteiger partial charge in [-0.3, -0.25) is 14.4 Å². The third-order valence-electron chi connectivity index (χ3n) is 7.24. The fourth-order valence-corrected chi connectivity index (χ4v) is 5.26.